The van der Waals surface area contributed by atoms with Crippen molar-refractivity contribution >= 4 is 54.3 Å². The Morgan fingerprint density at radius 2 is 0.945 bits per heavy atom. The fourth-order valence-electron chi connectivity index (χ4n) is 9.51. The molecule has 2 heteroatoms. The Morgan fingerprint density at radius 3 is 1.65 bits per heavy atom. The second-order valence-electron chi connectivity index (χ2n) is 14.6. The van der Waals surface area contributed by atoms with Gasteiger partial charge in [-0.15, -0.1) is 0 Å². The Labute approximate surface area is 318 Å². The van der Waals surface area contributed by atoms with Crippen molar-refractivity contribution in [2.75, 3.05) is 0 Å². The molecule has 2 heterocycles. The molecule has 11 aromatic rings. The van der Waals surface area contributed by atoms with Crippen molar-refractivity contribution in [1.29, 1.82) is 0 Å². The highest BCUT2D eigenvalue weighted by atomic mass is 15.0. The predicted molar refractivity (Wildman–Crippen MR) is 232 cm³/mol. The first-order chi connectivity index (χ1) is 27.3. The van der Waals surface area contributed by atoms with E-state index in [1.807, 2.05) is 12.3 Å². The van der Waals surface area contributed by atoms with Crippen LogP contribution < -0.4 is 0 Å². The molecule has 0 aliphatic heterocycles. The molecule has 0 bridgehead atoms. The van der Waals surface area contributed by atoms with E-state index in [0.29, 0.717) is 0 Å². The van der Waals surface area contributed by atoms with Gasteiger partial charge in [0.05, 0.1) is 16.6 Å². The summed E-state index contributed by atoms with van der Waals surface area (Å²) in [5.74, 6) is 0. The third-order valence-electron chi connectivity index (χ3n) is 11.8. The highest BCUT2D eigenvalue weighted by Gasteiger charge is 2.31. The van der Waals surface area contributed by atoms with Gasteiger partial charge in [0, 0.05) is 22.7 Å². The number of rotatable bonds is 4. The Hall–Kier alpha value is -7.29. The van der Waals surface area contributed by atoms with Gasteiger partial charge in [-0.2, -0.15) is 0 Å². The van der Waals surface area contributed by atoms with Gasteiger partial charge in [0.25, 0.3) is 0 Å². The molecule has 9 aromatic carbocycles. The van der Waals surface area contributed by atoms with Gasteiger partial charge in [-0.25, -0.2) is 0 Å². The van der Waals surface area contributed by atoms with Crippen molar-refractivity contribution in [2.24, 2.45) is 0 Å². The summed E-state index contributed by atoms with van der Waals surface area (Å²) in [4.78, 5) is 4.85. The fourth-order valence-corrected chi connectivity index (χ4v) is 9.51. The van der Waals surface area contributed by atoms with Crippen LogP contribution >= 0.6 is 0 Å². The van der Waals surface area contributed by atoms with Crippen molar-refractivity contribution in [1.82, 2.24) is 9.55 Å². The van der Waals surface area contributed by atoms with Gasteiger partial charge >= 0.3 is 0 Å². The minimum absolute atomic E-state index is 1.02. The molecule has 12 rings (SSSR count). The van der Waals surface area contributed by atoms with E-state index in [1.54, 1.807) is 0 Å². The lowest BCUT2D eigenvalue weighted by atomic mass is 9.82. The molecule has 0 fully saturated rings. The van der Waals surface area contributed by atoms with Crippen molar-refractivity contribution in [3.05, 3.63) is 194 Å². The number of fused-ring (bicyclic) bond motifs is 9. The number of aromatic nitrogens is 2. The Bertz CT molecular complexity index is 3250. The third-order valence-corrected chi connectivity index (χ3v) is 11.8. The molecule has 0 amide bonds. The van der Waals surface area contributed by atoms with Crippen LogP contribution in [0.2, 0.25) is 0 Å². The first-order valence-electron chi connectivity index (χ1n) is 19.0. The molecule has 0 saturated heterocycles. The van der Waals surface area contributed by atoms with Crippen LogP contribution in [0, 0.1) is 0 Å². The van der Waals surface area contributed by atoms with Crippen LogP contribution in [0.3, 0.4) is 0 Å². The molecule has 0 atom stereocenters. The topological polar surface area (TPSA) is 17.8 Å². The average molecular weight is 697 g/mol. The fraction of sp³-hybridized carbons (Fsp3) is 0. The van der Waals surface area contributed by atoms with Gasteiger partial charge < -0.3 is 4.57 Å². The zero-order chi connectivity index (χ0) is 36.0. The zero-order valence-corrected chi connectivity index (χ0v) is 29.9. The minimum Gasteiger partial charge on any atom is -0.307 e. The molecular weight excluding hydrogens is 665 g/mol. The van der Waals surface area contributed by atoms with Crippen molar-refractivity contribution < 1.29 is 0 Å². The quantitative estimate of drug-likeness (QED) is 0.179. The molecule has 0 unspecified atom stereocenters. The summed E-state index contributed by atoms with van der Waals surface area (Å²) in [6.45, 7) is 0. The lowest BCUT2D eigenvalue weighted by molar-refractivity contribution is 1.18. The van der Waals surface area contributed by atoms with Crippen LogP contribution in [-0.2, 0) is 0 Å². The second kappa shape index (κ2) is 11.6. The maximum Gasteiger partial charge on any atom is 0.0963 e. The summed E-state index contributed by atoms with van der Waals surface area (Å²) in [7, 11) is 0. The maximum absolute atomic E-state index is 4.85. The van der Waals surface area contributed by atoms with Crippen molar-refractivity contribution in [3.63, 3.8) is 0 Å². The minimum atomic E-state index is 1.02. The zero-order valence-electron chi connectivity index (χ0n) is 29.9. The van der Waals surface area contributed by atoms with Crippen LogP contribution in [-0.4, -0.2) is 9.55 Å². The van der Waals surface area contributed by atoms with Crippen LogP contribution in [0.15, 0.2) is 194 Å². The van der Waals surface area contributed by atoms with Gasteiger partial charge in [-0.05, 0) is 113 Å². The number of pyridine rings is 1. The summed E-state index contributed by atoms with van der Waals surface area (Å²) in [6, 6.07) is 68.9. The molecule has 2 aromatic heterocycles. The van der Waals surface area contributed by atoms with E-state index in [4.69, 9.17) is 4.98 Å². The van der Waals surface area contributed by atoms with Gasteiger partial charge in [-0.1, -0.05) is 158 Å². The summed E-state index contributed by atoms with van der Waals surface area (Å²) < 4.78 is 2.38. The number of benzene rings is 9. The molecule has 2 nitrogen and oxygen atoms in total. The molecule has 0 spiro atoms. The molecule has 0 N–H and O–H groups in total. The highest BCUT2D eigenvalue weighted by molar-refractivity contribution is 6.29. The summed E-state index contributed by atoms with van der Waals surface area (Å²) in [6.07, 6.45) is 1.90. The van der Waals surface area contributed by atoms with E-state index in [1.165, 1.54) is 98.9 Å². The van der Waals surface area contributed by atoms with Crippen LogP contribution in [0.5, 0.6) is 0 Å². The largest absolute Gasteiger partial charge is 0.307 e. The lowest BCUT2D eigenvalue weighted by Crippen LogP contribution is -1.95. The van der Waals surface area contributed by atoms with E-state index in [2.05, 4.69) is 187 Å². The number of nitrogens with zero attached hydrogens (tertiary/aromatic N) is 2. The Morgan fingerprint density at radius 1 is 0.345 bits per heavy atom. The molecule has 1 aliphatic rings. The first kappa shape index (κ1) is 30.2. The Kier molecular flexibility index (Phi) is 6.37. The van der Waals surface area contributed by atoms with Gasteiger partial charge in [0.2, 0.25) is 0 Å². The summed E-state index contributed by atoms with van der Waals surface area (Å²) in [5.41, 5.74) is 17.2. The average Bonchev–Trinajstić information content (AvgIpc) is 3.78. The molecule has 254 valence electrons. The second-order valence-corrected chi connectivity index (χ2v) is 14.6. The Balaban J connectivity index is 1.09. The summed E-state index contributed by atoms with van der Waals surface area (Å²) >= 11 is 0. The van der Waals surface area contributed by atoms with Crippen LogP contribution in [0.25, 0.3) is 116 Å². The van der Waals surface area contributed by atoms with E-state index in [-0.39, 0.29) is 0 Å². The molecular formula is C53H32N2. The normalized spacial score (nSPS) is 12.0. The highest BCUT2D eigenvalue weighted by Crippen LogP contribution is 2.58. The number of hydrogen-bond acceptors (Lipinski definition) is 1. The smallest absolute Gasteiger partial charge is 0.0963 e. The number of hydrogen-bond donors (Lipinski definition) is 0. The third kappa shape index (κ3) is 4.28. The van der Waals surface area contributed by atoms with Crippen LogP contribution in [0.1, 0.15) is 0 Å². The monoisotopic (exact) mass is 696 g/mol. The summed E-state index contributed by atoms with van der Waals surface area (Å²) in [5, 5.41) is 8.77. The lowest BCUT2D eigenvalue weighted by Gasteiger charge is -2.20. The maximum atomic E-state index is 4.85. The standard InChI is InChI=1S/C53H32N2/c1-3-14-35(15-4-1)47-41-19-9-10-20-42(41)48(36-16-5-2-6-17-36)51-44-31-30-38(40-21-11-22-43(49(40)44)50(47)51)34-24-27-37(28-25-34)55-46-23-12-32-54-52(46)45-29-26-33-13-7-8-18-39(33)53(45)55/h1-32H. The SMILES string of the molecule is c1ccc(-c2c3c(c(-c4ccccc4)c4ccccc24)-c2ccc(-c4ccc(-n5c6cccnc6c6ccc7ccccc7c65)cc4)c4cccc-3c24)cc1. The first-order valence-corrected chi connectivity index (χ1v) is 19.0. The van der Waals surface area contributed by atoms with E-state index < -0.39 is 0 Å². The van der Waals surface area contributed by atoms with E-state index >= 15 is 0 Å². The van der Waals surface area contributed by atoms with Gasteiger partial charge in [0.1, 0.15) is 0 Å². The van der Waals surface area contributed by atoms with Gasteiger partial charge in [-0.3, -0.25) is 4.98 Å². The molecule has 0 saturated carbocycles. The van der Waals surface area contributed by atoms with E-state index in [0.717, 1.165) is 16.7 Å². The molecule has 55 heavy (non-hydrogen) atoms. The van der Waals surface area contributed by atoms with Crippen LogP contribution in [0.4, 0.5) is 0 Å². The van der Waals surface area contributed by atoms with Gasteiger partial charge in [0.15, 0.2) is 0 Å². The predicted octanol–water partition coefficient (Wildman–Crippen LogP) is 14.3. The van der Waals surface area contributed by atoms with Crippen molar-refractivity contribution in [3.8, 4) is 61.3 Å². The molecule has 0 radical (unpaired) electrons. The van der Waals surface area contributed by atoms with Crippen molar-refractivity contribution in [2.45, 2.75) is 0 Å². The molecule has 1 aliphatic carbocycles. The van der Waals surface area contributed by atoms with E-state index in [9.17, 15) is 0 Å².